The number of hydrogen-bond acceptors (Lipinski definition) is 4. The van der Waals surface area contributed by atoms with Crippen molar-refractivity contribution in [1.29, 1.82) is 0 Å². The predicted molar refractivity (Wildman–Crippen MR) is 148 cm³/mol. The summed E-state index contributed by atoms with van der Waals surface area (Å²) >= 11 is 12.2. The molecule has 3 aromatic carbocycles. The molecule has 0 unspecified atom stereocenters. The van der Waals surface area contributed by atoms with Gasteiger partial charge in [0.15, 0.2) is 0 Å². The van der Waals surface area contributed by atoms with E-state index >= 15 is 0 Å². The molecule has 1 aliphatic heterocycles. The molecule has 1 fully saturated rings. The molecule has 4 rings (SSSR count). The average molecular weight is 536 g/mol. The van der Waals surface area contributed by atoms with Crippen LogP contribution < -0.4 is 5.32 Å². The molecule has 1 heterocycles. The highest BCUT2D eigenvalue weighted by atomic mass is 35.5. The van der Waals surface area contributed by atoms with Crippen LogP contribution in [0.25, 0.3) is 0 Å². The monoisotopic (exact) mass is 535 g/mol. The van der Waals surface area contributed by atoms with Crippen LogP contribution in [0.1, 0.15) is 36.5 Å². The van der Waals surface area contributed by atoms with Crippen LogP contribution in [0.3, 0.4) is 0 Å². The molecule has 6 nitrogen and oxygen atoms in total. The van der Waals surface area contributed by atoms with Crippen LogP contribution in [0.15, 0.2) is 89.6 Å². The summed E-state index contributed by atoms with van der Waals surface area (Å²) in [4.78, 5) is 31.8. The molecule has 190 valence electrons. The summed E-state index contributed by atoms with van der Waals surface area (Å²) in [6.07, 6.45) is 3.09. The molecule has 1 aliphatic rings. The number of rotatable bonds is 8. The highest BCUT2D eigenvalue weighted by Crippen LogP contribution is 2.27. The highest BCUT2D eigenvalue weighted by Gasteiger charge is 2.31. The summed E-state index contributed by atoms with van der Waals surface area (Å²) in [5, 5.41) is 13.7. The maximum Gasteiger partial charge on any atom is 0.354 e. The summed E-state index contributed by atoms with van der Waals surface area (Å²) < 4.78 is 0. The summed E-state index contributed by atoms with van der Waals surface area (Å²) in [5.41, 5.74) is 3.32. The van der Waals surface area contributed by atoms with Gasteiger partial charge < -0.3 is 10.4 Å². The van der Waals surface area contributed by atoms with Crippen molar-refractivity contribution >= 4 is 46.5 Å². The number of nitrogens with one attached hydrogen (secondary N) is 1. The number of anilines is 1. The van der Waals surface area contributed by atoms with Crippen LogP contribution in [0.4, 0.5) is 5.69 Å². The van der Waals surface area contributed by atoms with Crippen molar-refractivity contribution in [3.63, 3.8) is 0 Å². The Morgan fingerprint density at radius 3 is 2.49 bits per heavy atom. The van der Waals surface area contributed by atoms with Gasteiger partial charge in [0, 0.05) is 17.7 Å². The van der Waals surface area contributed by atoms with Crippen LogP contribution in [0, 0.1) is 0 Å². The Morgan fingerprint density at radius 1 is 1.05 bits per heavy atom. The number of carboxylic acids is 1. The number of hydrogen-bond donors (Lipinski definition) is 2. The van der Waals surface area contributed by atoms with E-state index in [-0.39, 0.29) is 17.6 Å². The van der Waals surface area contributed by atoms with Crippen molar-refractivity contribution in [3.8, 4) is 0 Å². The van der Waals surface area contributed by atoms with Gasteiger partial charge in [-0.25, -0.2) is 9.79 Å². The first-order chi connectivity index (χ1) is 17.9. The summed E-state index contributed by atoms with van der Waals surface area (Å²) in [5.74, 6) is -1.25. The van der Waals surface area contributed by atoms with Gasteiger partial charge in [-0.05, 0) is 50.1 Å². The Hall–Kier alpha value is -3.45. The minimum atomic E-state index is -1.12. The van der Waals surface area contributed by atoms with Gasteiger partial charge in [-0.1, -0.05) is 83.9 Å². The lowest BCUT2D eigenvalue weighted by Gasteiger charge is -2.24. The Morgan fingerprint density at radius 2 is 1.78 bits per heavy atom. The van der Waals surface area contributed by atoms with Gasteiger partial charge in [0.05, 0.1) is 27.5 Å². The second kappa shape index (κ2) is 12.2. The number of benzene rings is 3. The number of nitrogens with zero attached hydrogens (tertiary/aromatic N) is 2. The third kappa shape index (κ3) is 6.46. The first-order valence-corrected chi connectivity index (χ1v) is 12.7. The SMILES string of the molecule is C/C=C(\N=C(c1ccccc1)c1ccccc1NC(=O)[C@@H]1CCCN1Cc1ccc(Cl)c(Cl)c1)C(=O)O. The van der Waals surface area contributed by atoms with Crippen LogP contribution >= 0.6 is 23.2 Å². The molecule has 0 aliphatic carbocycles. The molecule has 1 amide bonds. The summed E-state index contributed by atoms with van der Waals surface area (Å²) in [7, 11) is 0. The van der Waals surface area contributed by atoms with E-state index in [1.807, 2.05) is 60.7 Å². The molecular weight excluding hydrogens is 509 g/mol. The average Bonchev–Trinajstić information content (AvgIpc) is 3.36. The smallest absolute Gasteiger partial charge is 0.354 e. The quantitative estimate of drug-likeness (QED) is 0.257. The first kappa shape index (κ1) is 26.6. The van der Waals surface area contributed by atoms with Crippen molar-refractivity contribution in [2.75, 3.05) is 11.9 Å². The maximum absolute atomic E-state index is 13.5. The Labute approximate surface area is 226 Å². The zero-order valence-electron chi connectivity index (χ0n) is 20.3. The normalized spacial score (nSPS) is 16.6. The van der Waals surface area contributed by atoms with Crippen LogP contribution in [0.2, 0.25) is 10.0 Å². The predicted octanol–water partition coefficient (Wildman–Crippen LogP) is 6.42. The number of likely N-dealkylation sites (tertiary alicyclic amines) is 1. The molecule has 37 heavy (non-hydrogen) atoms. The first-order valence-electron chi connectivity index (χ1n) is 12.0. The fraction of sp³-hybridized carbons (Fsp3) is 0.207. The largest absolute Gasteiger partial charge is 0.477 e. The van der Waals surface area contributed by atoms with Gasteiger partial charge >= 0.3 is 5.97 Å². The molecule has 8 heteroatoms. The Balaban J connectivity index is 1.62. The van der Waals surface area contributed by atoms with E-state index in [1.54, 1.807) is 19.1 Å². The van der Waals surface area contributed by atoms with Gasteiger partial charge in [0.1, 0.15) is 5.70 Å². The molecule has 0 saturated carbocycles. The fourth-order valence-electron chi connectivity index (χ4n) is 4.43. The number of para-hydroxylation sites is 1. The standard InChI is InChI=1S/C29H27Cl2N3O3/c1-2-24(29(36)37)32-27(20-9-4-3-5-10-20)21-11-6-7-12-25(21)33-28(35)26-13-8-16-34(26)18-19-14-15-22(30)23(31)17-19/h2-7,9-12,14-15,17,26H,8,13,16,18H2,1H3,(H,33,35)(H,36,37)/b24-2-,32-27?/t26-/m0/s1. The van der Waals surface area contributed by atoms with Gasteiger partial charge in [-0.2, -0.15) is 0 Å². The molecule has 3 aromatic rings. The fourth-order valence-corrected chi connectivity index (χ4v) is 4.75. The lowest BCUT2D eigenvalue weighted by molar-refractivity contribution is -0.132. The van der Waals surface area contributed by atoms with Gasteiger partial charge in [-0.3, -0.25) is 9.69 Å². The van der Waals surface area contributed by atoms with Crippen molar-refractivity contribution in [1.82, 2.24) is 4.90 Å². The molecular formula is C29H27Cl2N3O3. The van der Waals surface area contributed by atoms with Crippen molar-refractivity contribution in [2.24, 2.45) is 4.99 Å². The third-order valence-corrected chi connectivity index (χ3v) is 6.99. The van der Waals surface area contributed by atoms with Crippen molar-refractivity contribution in [3.05, 3.63) is 111 Å². The minimum Gasteiger partial charge on any atom is -0.477 e. The number of carbonyl (C=O) groups is 2. The lowest BCUT2D eigenvalue weighted by Crippen LogP contribution is -2.39. The number of carbonyl (C=O) groups excluding carboxylic acids is 1. The Kier molecular flexibility index (Phi) is 8.77. The number of amides is 1. The zero-order valence-corrected chi connectivity index (χ0v) is 21.8. The zero-order chi connectivity index (χ0) is 26.4. The molecule has 0 bridgehead atoms. The maximum atomic E-state index is 13.5. The number of halogens is 2. The van der Waals surface area contributed by atoms with E-state index in [0.717, 1.165) is 30.5 Å². The van der Waals surface area contributed by atoms with Crippen molar-refractivity contribution < 1.29 is 14.7 Å². The molecule has 1 saturated heterocycles. The Bertz CT molecular complexity index is 1360. The second-order valence-electron chi connectivity index (χ2n) is 8.72. The minimum absolute atomic E-state index is 0.0800. The topological polar surface area (TPSA) is 82.0 Å². The summed E-state index contributed by atoms with van der Waals surface area (Å²) in [6.45, 7) is 3.00. The molecule has 2 N–H and O–H groups in total. The molecule has 1 atom stereocenters. The highest BCUT2D eigenvalue weighted by molar-refractivity contribution is 6.42. The van der Waals surface area contributed by atoms with Gasteiger partial charge in [0.2, 0.25) is 5.91 Å². The number of aliphatic carboxylic acids is 1. The third-order valence-electron chi connectivity index (χ3n) is 6.25. The number of aliphatic imine (C=N–C) groups is 1. The second-order valence-corrected chi connectivity index (χ2v) is 9.53. The lowest BCUT2D eigenvalue weighted by atomic mass is 10.00. The van der Waals surface area contributed by atoms with Crippen LogP contribution in [0.5, 0.6) is 0 Å². The van der Waals surface area contributed by atoms with E-state index in [2.05, 4.69) is 15.2 Å². The van der Waals surface area contributed by atoms with E-state index < -0.39 is 5.97 Å². The number of carboxylic acid groups (broad SMARTS) is 1. The van der Waals surface area contributed by atoms with E-state index in [0.29, 0.717) is 33.6 Å². The van der Waals surface area contributed by atoms with Crippen molar-refractivity contribution in [2.45, 2.75) is 32.4 Å². The van der Waals surface area contributed by atoms with Crippen LogP contribution in [-0.2, 0) is 16.1 Å². The van der Waals surface area contributed by atoms with Gasteiger partial charge in [-0.15, -0.1) is 0 Å². The molecule has 0 radical (unpaired) electrons. The van der Waals surface area contributed by atoms with E-state index in [4.69, 9.17) is 23.2 Å². The molecule has 0 spiro atoms. The summed E-state index contributed by atoms with van der Waals surface area (Å²) in [6, 6.07) is 21.8. The van der Waals surface area contributed by atoms with E-state index in [9.17, 15) is 14.7 Å². The molecule has 0 aromatic heterocycles. The van der Waals surface area contributed by atoms with E-state index in [1.165, 1.54) is 6.08 Å². The van der Waals surface area contributed by atoms with Crippen LogP contribution in [-0.4, -0.2) is 40.2 Å². The van der Waals surface area contributed by atoms with Gasteiger partial charge in [0.25, 0.3) is 0 Å². The number of allylic oxidation sites excluding steroid dienone is 1.